The monoisotopic (exact) mass is 256 g/mol. The van der Waals surface area contributed by atoms with Gasteiger partial charge in [-0.3, -0.25) is 4.79 Å². The van der Waals surface area contributed by atoms with E-state index in [2.05, 4.69) is 5.32 Å². The Labute approximate surface area is 96.3 Å². The molecule has 3 nitrogen and oxygen atoms in total. The molecule has 1 rings (SSSR count). The van der Waals surface area contributed by atoms with E-state index in [1.165, 1.54) is 0 Å². The molecule has 0 aromatic carbocycles. The van der Waals surface area contributed by atoms with Crippen LogP contribution in [0, 0.1) is 0 Å². The number of hydrogen-bond donors (Lipinski definition) is 2. The Morgan fingerprint density at radius 2 is 1.88 bits per heavy atom. The zero-order valence-corrected chi connectivity index (χ0v) is 9.75. The van der Waals surface area contributed by atoms with Crippen LogP contribution in [-0.4, -0.2) is 35.2 Å². The van der Waals surface area contributed by atoms with Crippen LogP contribution < -0.4 is 11.1 Å². The summed E-state index contributed by atoms with van der Waals surface area (Å²) in [7, 11) is 0. The highest BCUT2D eigenvalue weighted by atomic mass is 32.2. The Morgan fingerprint density at radius 3 is 2.31 bits per heavy atom. The summed E-state index contributed by atoms with van der Waals surface area (Å²) in [5, 5.41) is 2.37. The fraction of sp³-hybridized carbons (Fsp3) is 0.889. The molecular weight excluding hydrogens is 241 g/mol. The number of hydrogen-bond acceptors (Lipinski definition) is 3. The van der Waals surface area contributed by atoms with Crippen molar-refractivity contribution >= 4 is 17.7 Å². The minimum atomic E-state index is -4.72. The van der Waals surface area contributed by atoms with E-state index >= 15 is 0 Å². The van der Waals surface area contributed by atoms with Gasteiger partial charge in [-0.2, -0.15) is 24.9 Å². The summed E-state index contributed by atoms with van der Waals surface area (Å²) in [6, 6.07) is -0.182. The van der Waals surface area contributed by atoms with E-state index in [4.69, 9.17) is 5.73 Å². The third-order valence-corrected chi connectivity index (χ3v) is 3.67. The van der Waals surface area contributed by atoms with Crippen LogP contribution >= 0.6 is 11.8 Å². The van der Waals surface area contributed by atoms with E-state index in [0.717, 1.165) is 11.5 Å². The van der Waals surface area contributed by atoms with Crippen molar-refractivity contribution in [2.45, 2.75) is 37.5 Å². The summed E-state index contributed by atoms with van der Waals surface area (Å²) in [6.45, 7) is 0.694. The van der Waals surface area contributed by atoms with Gasteiger partial charge in [0.2, 0.25) is 5.91 Å². The van der Waals surface area contributed by atoms with E-state index in [1.807, 2.05) is 0 Å². The number of carbonyl (C=O) groups is 1. The van der Waals surface area contributed by atoms with Crippen LogP contribution in [0.1, 0.15) is 19.8 Å². The van der Waals surface area contributed by atoms with Crippen molar-refractivity contribution in [3.63, 3.8) is 0 Å². The van der Waals surface area contributed by atoms with Gasteiger partial charge in [0.15, 0.2) is 5.54 Å². The Morgan fingerprint density at radius 1 is 1.38 bits per heavy atom. The molecule has 1 aliphatic rings. The number of halogens is 3. The summed E-state index contributed by atoms with van der Waals surface area (Å²) in [5.41, 5.74) is 2.20. The summed E-state index contributed by atoms with van der Waals surface area (Å²) in [6.07, 6.45) is -3.32. The molecule has 0 aromatic rings. The maximum absolute atomic E-state index is 12.4. The van der Waals surface area contributed by atoms with Crippen molar-refractivity contribution < 1.29 is 18.0 Å². The first kappa shape index (κ1) is 13.6. The second-order valence-corrected chi connectivity index (χ2v) is 5.28. The van der Waals surface area contributed by atoms with Crippen molar-refractivity contribution in [3.05, 3.63) is 0 Å². The zero-order chi connectivity index (χ0) is 12.4. The lowest BCUT2D eigenvalue weighted by molar-refractivity contribution is -0.187. The molecule has 0 radical (unpaired) electrons. The molecule has 3 N–H and O–H groups in total. The predicted molar refractivity (Wildman–Crippen MR) is 57.1 cm³/mol. The number of nitrogens with one attached hydrogen (secondary N) is 1. The highest BCUT2D eigenvalue weighted by Gasteiger charge is 2.54. The van der Waals surface area contributed by atoms with Crippen molar-refractivity contribution in [3.8, 4) is 0 Å². The standard InChI is InChI=1S/C9H15F3N2OS/c1-8(13,9(10,11)12)7(15)14-6-2-4-16-5-3-6/h6H,2-5,13H2,1H3,(H,14,15). The second-order valence-electron chi connectivity index (χ2n) is 4.06. The molecule has 1 fully saturated rings. The van der Waals surface area contributed by atoms with Gasteiger partial charge in [0.25, 0.3) is 0 Å². The first-order valence-electron chi connectivity index (χ1n) is 4.99. The van der Waals surface area contributed by atoms with Crippen LogP contribution in [0.15, 0.2) is 0 Å². The van der Waals surface area contributed by atoms with Gasteiger partial charge in [-0.25, -0.2) is 0 Å². The third kappa shape index (κ3) is 3.04. The van der Waals surface area contributed by atoms with Crippen LogP contribution in [0.2, 0.25) is 0 Å². The van der Waals surface area contributed by atoms with Crippen LogP contribution in [0.5, 0.6) is 0 Å². The van der Waals surface area contributed by atoms with Gasteiger partial charge in [0.05, 0.1) is 0 Å². The lowest BCUT2D eigenvalue weighted by Gasteiger charge is -2.30. The molecule has 1 amide bonds. The molecular formula is C9H15F3N2OS. The van der Waals surface area contributed by atoms with E-state index in [0.29, 0.717) is 19.8 Å². The van der Waals surface area contributed by atoms with Gasteiger partial charge in [-0.15, -0.1) is 0 Å². The molecule has 0 spiro atoms. The highest BCUT2D eigenvalue weighted by molar-refractivity contribution is 7.99. The molecule has 1 unspecified atom stereocenters. The van der Waals surface area contributed by atoms with Gasteiger partial charge >= 0.3 is 6.18 Å². The Balaban J connectivity index is 2.57. The average Bonchev–Trinajstić information content (AvgIpc) is 2.17. The van der Waals surface area contributed by atoms with Crippen LogP contribution in [0.4, 0.5) is 13.2 Å². The van der Waals surface area contributed by atoms with Crippen LogP contribution in [-0.2, 0) is 4.79 Å². The van der Waals surface area contributed by atoms with E-state index in [1.54, 1.807) is 11.8 Å². The molecule has 0 aromatic heterocycles. The summed E-state index contributed by atoms with van der Waals surface area (Å²) < 4.78 is 37.3. The first-order chi connectivity index (χ1) is 7.25. The predicted octanol–water partition coefficient (Wildman–Crippen LogP) is 1.28. The number of alkyl halides is 3. The van der Waals surface area contributed by atoms with Crippen LogP contribution in [0.3, 0.4) is 0 Å². The molecule has 0 saturated carbocycles. The first-order valence-corrected chi connectivity index (χ1v) is 6.15. The maximum Gasteiger partial charge on any atom is 0.415 e. The molecule has 0 aliphatic carbocycles. The topological polar surface area (TPSA) is 55.1 Å². The van der Waals surface area contributed by atoms with Gasteiger partial charge in [0, 0.05) is 6.04 Å². The van der Waals surface area contributed by atoms with Gasteiger partial charge in [-0.05, 0) is 31.3 Å². The molecule has 1 atom stereocenters. The molecule has 0 bridgehead atoms. The zero-order valence-electron chi connectivity index (χ0n) is 8.93. The van der Waals surface area contributed by atoms with E-state index < -0.39 is 17.6 Å². The molecule has 94 valence electrons. The Hall–Kier alpha value is -0.430. The maximum atomic E-state index is 12.4. The fourth-order valence-electron chi connectivity index (χ4n) is 1.31. The Bertz CT molecular complexity index is 262. The fourth-order valence-corrected chi connectivity index (χ4v) is 2.41. The number of amides is 1. The molecule has 16 heavy (non-hydrogen) atoms. The summed E-state index contributed by atoms with van der Waals surface area (Å²) >= 11 is 1.73. The molecule has 1 aliphatic heterocycles. The smallest absolute Gasteiger partial charge is 0.351 e. The van der Waals surface area contributed by atoms with Crippen molar-refractivity contribution in [2.24, 2.45) is 5.73 Å². The Kier molecular flexibility index (Phi) is 4.12. The minimum absolute atomic E-state index is 0.182. The average molecular weight is 256 g/mol. The van der Waals surface area contributed by atoms with Crippen molar-refractivity contribution in [1.82, 2.24) is 5.32 Å². The molecule has 7 heteroatoms. The second kappa shape index (κ2) is 4.83. The minimum Gasteiger partial charge on any atom is -0.351 e. The van der Waals surface area contributed by atoms with E-state index in [9.17, 15) is 18.0 Å². The number of rotatable bonds is 2. The SMILES string of the molecule is CC(N)(C(=O)NC1CCSCC1)C(F)(F)F. The third-order valence-electron chi connectivity index (χ3n) is 2.62. The summed E-state index contributed by atoms with van der Waals surface area (Å²) in [4.78, 5) is 11.4. The van der Waals surface area contributed by atoms with E-state index in [-0.39, 0.29) is 6.04 Å². The van der Waals surface area contributed by atoms with Crippen molar-refractivity contribution in [1.29, 1.82) is 0 Å². The quantitative estimate of drug-likeness (QED) is 0.782. The summed E-state index contributed by atoms with van der Waals surface area (Å²) in [5.74, 6) is 0.577. The van der Waals surface area contributed by atoms with Crippen molar-refractivity contribution in [2.75, 3.05) is 11.5 Å². The molecule has 1 saturated heterocycles. The van der Waals surface area contributed by atoms with Gasteiger partial charge < -0.3 is 11.1 Å². The lowest BCUT2D eigenvalue weighted by atomic mass is 10.0. The largest absolute Gasteiger partial charge is 0.415 e. The lowest BCUT2D eigenvalue weighted by Crippen LogP contribution is -2.62. The number of carbonyl (C=O) groups excluding carboxylic acids is 1. The highest BCUT2D eigenvalue weighted by Crippen LogP contribution is 2.28. The number of thioether (sulfide) groups is 1. The van der Waals surface area contributed by atoms with Gasteiger partial charge in [0.1, 0.15) is 0 Å². The number of nitrogens with two attached hydrogens (primary N) is 1. The molecule has 1 heterocycles. The normalized spacial score (nSPS) is 22.6. The van der Waals surface area contributed by atoms with Crippen LogP contribution in [0.25, 0.3) is 0 Å². The van der Waals surface area contributed by atoms with Gasteiger partial charge in [-0.1, -0.05) is 0 Å².